The van der Waals surface area contributed by atoms with Crippen LogP contribution in [-0.2, 0) is 13.6 Å². The summed E-state index contributed by atoms with van der Waals surface area (Å²) in [5, 5.41) is 0. The number of hydrogen-bond donors (Lipinski definition) is 1. The van der Waals surface area contributed by atoms with Crippen LogP contribution in [0.5, 0.6) is 0 Å². The molecule has 0 aromatic carbocycles. The SMILES string of the molecule is CCCCCCCCCOP(=O)(O)OCC. The second-order valence-corrected chi connectivity index (χ2v) is 5.29. The van der Waals surface area contributed by atoms with Crippen LogP contribution < -0.4 is 0 Å². The Morgan fingerprint density at radius 2 is 1.50 bits per heavy atom. The molecule has 16 heavy (non-hydrogen) atoms. The van der Waals surface area contributed by atoms with Gasteiger partial charge < -0.3 is 4.89 Å². The number of phosphoric ester groups is 1. The maximum atomic E-state index is 11.1. The summed E-state index contributed by atoms with van der Waals surface area (Å²) in [5.41, 5.74) is 0. The van der Waals surface area contributed by atoms with Crippen LogP contribution in [0.1, 0.15) is 58.8 Å². The minimum absolute atomic E-state index is 0.199. The van der Waals surface area contributed by atoms with Crippen molar-refractivity contribution in [3.05, 3.63) is 0 Å². The van der Waals surface area contributed by atoms with Crippen molar-refractivity contribution in [3.63, 3.8) is 0 Å². The van der Waals surface area contributed by atoms with E-state index in [1.165, 1.54) is 32.1 Å². The van der Waals surface area contributed by atoms with Crippen molar-refractivity contribution in [2.24, 2.45) is 0 Å². The summed E-state index contributed by atoms with van der Waals surface area (Å²) in [4.78, 5) is 9.10. The molecule has 0 amide bonds. The largest absolute Gasteiger partial charge is 0.472 e. The predicted molar refractivity (Wildman–Crippen MR) is 65.4 cm³/mol. The second-order valence-electron chi connectivity index (χ2n) is 3.84. The van der Waals surface area contributed by atoms with Crippen LogP contribution in [0, 0.1) is 0 Å². The zero-order valence-electron chi connectivity index (χ0n) is 10.5. The van der Waals surface area contributed by atoms with Gasteiger partial charge in [-0.3, -0.25) is 9.05 Å². The molecule has 98 valence electrons. The molecule has 0 aliphatic rings. The summed E-state index contributed by atoms with van der Waals surface area (Å²) in [5.74, 6) is 0. The summed E-state index contributed by atoms with van der Waals surface area (Å²) >= 11 is 0. The van der Waals surface area contributed by atoms with Gasteiger partial charge in [0.2, 0.25) is 0 Å². The Morgan fingerprint density at radius 1 is 0.938 bits per heavy atom. The molecule has 0 radical (unpaired) electrons. The molecule has 1 atom stereocenters. The molecule has 5 heteroatoms. The number of unbranched alkanes of at least 4 members (excludes halogenated alkanes) is 6. The van der Waals surface area contributed by atoms with Gasteiger partial charge in [0.25, 0.3) is 0 Å². The Bertz CT molecular complexity index is 196. The number of rotatable bonds is 11. The van der Waals surface area contributed by atoms with Gasteiger partial charge in [-0.2, -0.15) is 0 Å². The zero-order valence-corrected chi connectivity index (χ0v) is 11.4. The van der Waals surface area contributed by atoms with Gasteiger partial charge in [-0.15, -0.1) is 0 Å². The molecule has 0 fully saturated rings. The van der Waals surface area contributed by atoms with E-state index in [0.29, 0.717) is 6.61 Å². The maximum Gasteiger partial charge on any atom is 0.472 e. The van der Waals surface area contributed by atoms with E-state index < -0.39 is 7.82 Å². The van der Waals surface area contributed by atoms with Crippen molar-refractivity contribution < 1.29 is 18.5 Å². The highest BCUT2D eigenvalue weighted by atomic mass is 31.2. The van der Waals surface area contributed by atoms with Gasteiger partial charge in [0, 0.05) is 0 Å². The first-order valence-electron chi connectivity index (χ1n) is 6.24. The van der Waals surface area contributed by atoms with Crippen LogP contribution in [0.4, 0.5) is 0 Å². The quantitative estimate of drug-likeness (QED) is 0.447. The van der Waals surface area contributed by atoms with Crippen LogP contribution in [0.2, 0.25) is 0 Å². The molecule has 0 rings (SSSR count). The lowest BCUT2D eigenvalue weighted by molar-refractivity contribution is 0.153. The molecule has 0 saturated heterocycles. The number of phosphoric acid groups is 1. The third-order valence-corrected chi connectivity index (χ3v) is 3.39. The predicted octanol–water partition coefficient (Wildman–Crippen LogP) is 3.89. The Hall–Kier alpha value is 0.110. The highest BCUT2D eigenvalue weighted by Gasteiger charge is 2.18. The zero-order chi connectivity index (χ0) is 12.3. The van der Waals surface area contributed by atoms with Crippen LogP contribution in [0.25, 0.3) is 0 Å². The molecule has 0 aromatic rings. The average Bonchev–Trinajstić information content (AvgIpc) is 2.22. The minimum Gasteiger partial charge on any atom is -0.302 e. The standard InChI is InChI=1S/C11H25O4P/c1-3-5-6-7-8-9-10-11-15-16(12,13)14-4-2/h3-11H2,1-2H3,(H,12,13). The lowest BCUT2D eigenvalue weighted by Gasteiger charge is -2.10. The monoisotopic (exact) mass is 252 g/mol. The molecule has 0 aromatic heterocycles. The van der Waals surface area contributed by atoms with Crippen molar-refractivity contribution in [3.8, 4) is 0 Å². The molecule has 0 spiro atoms. The normalized spacial score (nSPS) is 14.9. The van der Waals surface area contributed by atoms with E-state index in [1.54, 1.807) is 6.92 Å². The van der Waals surface area contributed by atoms with Crippen LogP contribution in [-0.4, -0.2) is 18.1 Å². The average molecular weight is 252 g/mol. The van der Waals surface area contributed by atoms with Crippen molar-refractivity contribution in [2.75, 3.05) is 13.2 Å². The van der Waals surface area contributed by atoms with E-state index in [0.717, 1.165) is 12.8 Å². The van der Waals surface area contributed by atoms with E-state index in [2.05, 4.69) is 11.4 Å². The van der Waals surface area contributed by atoms with Crippen molar-refractivity contribution in [1.82, 2.24) is 0 Å². The Labute approximate surface area is 99.0 Å². The first-order chi connectivity index (χ1) is 7.62. The van der Waals surface area contributed by atoms with Gasteiger partial charge in [0.05, 0.1) is 13.2 Å². The summed E-state index contributed by atoms with van der Waals surface area (Å²) < 4.78 is 20.5. The summed E-state index contributed by atoms with van der Waals surface area (Å²) in [7, 11) is -3.76. The molecular weight excluding hydrogens is 227 g/mol. The fraction of sp³-hybridized carbons (Fsp3) is 1.00. The topological polar surface area (TPSA) is 55.8 Å². The van der Waals surface area contributed by atoms with E-state index in [4.69, 9.17) is 9.42 Å². The van der Waals surface area contributed by atoms with Gasteiger partial charge in [0.1, 0.15) is 0 Å². The second kappa shape index (κ2) is 10.3. The van der Waals surface area contributed by atoms with Gasteiger partial charge in [0.15, 0.2) is 0 Å². The Balaban J connectivity index is 3.23. The molecule has 4 nitrogen and oxygen atoms in total. The highest BCUT2D eigenvalue weighted by Crippen LogP contribution is 2.42. The highest BCUT2D eigenvalue weighted by molar-refractivity contribution is 7.47. The molecule has 0 saturated carbocycles. The molecule has 1 unspecified atom stereocenters. The summed E-state index contributed by atoms with van der Waals surface area (Å²) in [6.07, 6.45) is 8.13. The third kappa shape index (κ3) is 10.6. The molecule has 0 bridgehead atoms. The first-order valence-corrected chi connectivity index (χ1v) is 7.73. The summed E-state index contributed by atoms with van der Waals surface area (Å²) in [6.45, 7) is 4.37. The molecule has 0 heterocycles. The van der Waals surface area contributed by atoms with Crippen molar-refractivity contribution in [1.29, 1.82) is 0 Å². The number of hydrogen-bond acceptors (Lipinski definition) is 3. The van der Waals surface area contributed by atoms with Crippen LogP contribution in [0.15, 0.2) is 0 Å². The smallest absolute Gasteiger partial charge is 0.302 e. The van der Waals surface area contributed by atoms with Crippen LogP contribution in [0.3, 0.4) is 0 Å². The van der Waals surface area contributed by atoms with E-state index in [9.17, 15) is 4.57 Å². The lowest BCUT2D eigenvalue weighted by atomic mass is 10.1. The van der Waals surface area contributed by atoms with Gasteiger partial charge in [-0.1, -0.05) is 45.4 Å². The van der Waals surface area contributed by atoms with Crippen LogP contribution >= 0.6 is 7.82 Å². The van der Waals surface area contributed by atoms with Gasteiger partial charge in [-0.05, 0) is 13.3 Å². The lowest BCUT2D eigenvalue weighted by Crippen LogP contribution is -1.96. The molecule has 0 aliphatic heterocycles. The van der Waals surface area contributed by atoms with Crippen molar-refractivity contribution in [2.45, 2.75) is 58.8 Å². The fourth-order valence-corrected chi connectivity index (χ4v) is 2.20. The maximum absolute atomic E-state index is 11.1. The van der Waals surface area contributed by atoms with Gasteiger partial charge >= 0.3 is 7.82 Å². The molecule has 0 aliphatic carbocycles. The Morgan fingerprint density at radius 3 is 2.06 bits per heavy atom. The molecular formula is C11H25O4P. The Kier molecular flexibility index (Phi) is 10.3. The third-order valence-electron chi connectivity index (χ3n) is 2.29. The molecule has 1 N–H and O–H groups in total. The summed E-state index contributed by atoms with van der Waals surface area (Å²) in [6, 6.07) is 0. The fourth-order valence-electron chi connectivity index (χ4n) is 1.44. The van der Waals surface area contributed by atoms with Gasteiger partial charge in [-0.25, -0.2) is 4.57 Å². The first kappa shape index (κ1) is 16.1. The van der Waals surface area contributed by atoms with E-state index >= 15 is 0 Å². The van der Waals surface area contributed by atoms with E-state index in [-0.39, 0.29) is 6.61 Å². The van der Waals surface area contributed by atoms with Crippen molar-refractivity contribution >= 4 is 7.82 Å². The van der Waals surface area contributed by atoms with E-state index in [1.807, 2.05) is 0 Å². The minimum atomic E-state index is -3.76.